The number of methoxy groups -OCH3 is 1. The number of likely N-dealkylation sites (tertiary alicyclic amines) is 1. The second-order valence-electron chi connectivity index (χ2n) is 5.76. The van der Waals surface area contributed by atoms with E-state index in [9.17, 15) is 9.59 Å². The molecule has 1 unspecified atom stereocenters. The van der Waals surface area contributed by atoms with Gasteiger partial charge in [0.25, 0.3) is 0 Å². The maximum Gasteiger partial charge on any atom is 0.321 e. The molecule has 1 aliphatic rings. The highest BCUT2D eigenvalue weighted by Crippen LogP contribution is 2.28. The molecular formula is C16H23N3O3. The number of hydrogen-bond donors (Lipinski definition) is 2. The van der Waals surface area contributed by atoms with E-state index in [0.717, 1.165) is 35.4 Å². The van der Waals surface area contributed by atoms with E-state index in [0.29, 0.717) is 13.1 Å². The number of aryl methyl sites for hydroxylation is 1. The van der Waals surface area contributed by atoms with E-state index in [1.165, 1.54) is 0 Å². The molecule has 1 atom stereocenters. The first-order valence-corrected chi connectivity index (χ1v) is 7.43. The number of benzene rings is 1. The van der Waals surface area contributed by atoms with E-state index < -0.39 is 0 Å². The summed E-state index contributed by atoms with van der Waals surface area (Å²) >= 11 is 0. The molecule has 3 amide bonds. The first kappa shape index (κ1) is 16.1. The first-order chi connectivity index (χ1) is 10.4. The zero-order valence-corrected chi connectivity index (χ0v) is 13.3. The molecule has 0 aromatic heterocycles. The van der Waals surface area contributed by atoms with Gasteiger partial charge >= 0.3 is 6.03 Å². The molecule has 22 heavy (non-hydrogen) atoms. The molecule has 120 valence electrons. The number of ether oxygens (including phenoxy) is 1. The molecule has 1 aliphatic heterocycles. The normalized spacial score (nSPS) is 18.0. The fraction of sp³-hybridized carbons (Fsp3) is 0.500. The van der Waals surface area contributed by atoms with Crippen LogP contribution in [0.1, 0.15) is 24.0 Å². The maximum atomic E-state index is 12.4. The van der Waals surface area contributed by atoms with Crippen molar-refractivity contribution >= 4 is 17.6 Å². The lowest BCUT2D eigenvalue weighted by Gasteiger charge is -2.31. The summed E-state index contributed by atoms with van der Waals surface area (Å²) in [5, 5.41) is 2.91. The summed E-state index contributed by atoms with van der Waals surface area (Å²) in [6, 6.07) is 3.63. The molecule has 2 rings (SSSR count). The molecule has 1 fully saturated rings. The number of hydrogen-bond acceptors (Lipinski definition) is 3. The van der Waals surface area contributed by atoms with Gasteiger partial charge in [-0.25, -0.2) is 4.79 Å². The Bertz CT molecular complexity index is 586. The van der Waals surface area contributed by atoms with Gasteiger partial charge in [0.2, 0.25) is 5.91 Å². The van der Waals surface area contributed by atoms with Crippen molar-refractivity contribution in [2.75, 3.05) is 25.5 Å². The number of urea groups is 1. The number of rotatable bonds is 3. The molecule has 6 heteroatoms. The fourth-order valence-corrected chi connectivity index (χ4v) is 2.76. The highest BCUT2D eigenvalue weighted by atomic mass is 16.5. The summed E-state index contributed by atoms with van der Waals surface area (Å²) in [5.41, 5.74) is 7.96. The van der Waals surface area contributed by atoms with Crippen LogP contribution in [-0.4, -0.2) is 37.0 Å². The highest BCUT2D eigenvalue weighted by molar-refractivity contribution is 5.91. The molecule has 0 spiro atoms. The fourth-order valence-electron chi connectivity index (χ4n) is 2.76. The number of amides is 3. The van der Waals surface area contributed by atoms with E-state index in [1.807, 2.05) is 26.0 Å². The lowest BCUT2D eigenvalue weighted by atomic mass is 9.98. The minimum atomic E-state index is -0.342. The summed E-state index contributed by atoms with van der Waals surface area (Å²) in [6.45, 7) is 4.86. The third kappa shape index (κ3) is 3.50. The van der Waals surface area contributed by atoms with Gasteiger partial charge in [-0.1, -0.05) is 0 Å². The van der Waals surface area contributed by atoms with E-state index >= 15 is 0 Å². The summed E-state index contributed by atoms with van der Waals surface area (Å²) in [7, 11) is 1.61. The van der Waals surface area contributed by atoms with Gasteiger partial charge in [-0.3, -0.25) is 4.79 Å². The van der Waals surface area contributed by atoms with Gasteiger partial charge in [0.05, 0.1) is 13.0 Å². The van der Waals surface area contributed by atoms with Crippen molar-refractivity contribution in [1.29, 1.82) is 0 Å². The summed E-state index contributed by atoms with van der Waals surface area (Å²) in [6.07, 6.45) is 1.54. The Kier molecular flexibility index (Phi) is 4.90. The summed E-state index contributed by atoms with van der Waals surface area (Å²) in [5.74, 6) is 0.141. The van der Waals surface area contributed by atoms with Crippen LogP contribution in [0.25, 0.3) is 0 Å². The van der Waals surface area contributed by atoms with Crippen molar-refractivity contribution in [3.8, 4) is 5.75 Å². The van der Waals surface area contributed by atoms with Crippen LogP contribution in [0.2, 0.25) is 0 Å². The van der Waals surface area contributed by atoms with E-state index in [2.05, 4.69) is 5.32 Å². The van der Waals surface area contributed by atoms with Crippen LogP contribution in [0.5, 0.6) is 5.75 Å². The molecule has 1 aromatic carbocycles. The van der Waals surface area contributed by atoms with Crippen molar-refractivity contribution in [3.63, 3.8) is 0 Å². The third-order valence-electron chi connectivity index (χ3n) is 4.08. The molecule has 1 aromatic rings. The summed E-state index contributed by atoms with van der Waals surface area (Å²) in [4.78, 5) is 25.4. The van der Waals surface area contributed by atoms with Crippen LogP contribution in [-0.2, 0) is 4.79 Å². The minimum Gasteiger partial charge on any atom is -0.496 e. The summed E-state index contributed by atoms with van der Waals surface area (Å²) < 4.78 is 5.32. The van der Waals surface area contributed by atoms with Gasteiger partial charge in [0.15, 0.2) is 0 Å². The molecule has 6 nitrogen and oxygen atoms in total. The largest absolute Gasteiger partial charge is 0.496 e. The van der Waals surface area contributed by atoms with E-state index in [-0.39, 0.29) is 17.9 Å². The number of nitrogens with one attached hydrogen (secondary N) is 1. The number of carbonyl (C=O) groups excluding carboxylic acids is 2. The minimum absolute atomic E-state index is 0.207. The second-order valence-corrected chi connectivity index (χ2v) is 5.76. The predicted molar refractivity (Wildman–Crippen MR) is 85.0 cm³/mol. The molecule has 0 radical (unpaired) electrons. The van der Waals surface area contributed by atoms with Crippen molar-refractivity contribution in [2.24, 2.45) is 11.7 Å². The number of anilines is 1. The molecule has 0 bridgehead atoms. The number of nitrogens with two attached hydrogens (primary N) is 1. The smallest absolute Gasteiger partial charge is 0.321 e. The zero-order valence-electron chi connectivity index (χ0n) is 13.3. The van der Waals surface area contributed by atoms with E-state index in [4.69, 9.17) is 10.5 Å². The Labute approximate surface area is 130 Å². The van der Waals surface area contributed by atoms with Gasteiger partial charge in [-0.2, -0.15) is 0 Å². The monoisotopic (exact) mass is 305 g/mol. The lowest BCUT2D eigenvalue weighted by molar-refractivity contribution is -0.123. The van der Waals surface area contributed by atoms with Crippen LogP contribution in [0.4, 0.5) is 10.5 Å². The lowest BCUT2D eigenvalue weighted by Crippen LogP contribution is -2.45. The first-order valence-electron chi connectivity index (χ1n) is 7.43. The Morgan fingerprint density at radius 3 is 2.73 bits per heavy atom. The van der Waals surface area contributed by atoms with Crippen molar-refractivity contribution in [3.05, 3.63) is 23.3 Å². The predicted octanol–water partition coefficient (Wildman–Crippen LogP) is 2.04. The molecular weight excluding hydrogens is 282 g/mol. The highest BCUT2D eigenvalue weighted by Gasteiger charge is 2.27. The molecule has 0 aliphatic carbocycles. The van der Waals surface area contributed by atoms with Crippen LogP contribution < -0.4 is 15.8 Å². The van der Waals surface area contributed by atoms with Crippen LogP contribution >= 0.6 is 0 Å². The van der Waals surface area contributed by atoms with Gasteiger partial charge in [0, 0.05) is 24.3 Å². The molecule has 1 saturated heterocycles. The number of nitrogens with zero attached hydrogens (tertiary/aromatic N) is 1. The van der Waals surface area contributed by atoms with Gasteiger partial charge in [0.1, 0.15) is 5.75 Å². The quantitative estimate of drug-likeness (QED) is 0.896. The number of piperidine rings is 1. The van der Waals surface area contributed by atoms with Gasteiger partial charge < -0.3 is 20.7 Å². The Morgan fingerprint density at radius 2 is 2.09 bits per heavy atom. The van der Waals surface area contributed by atoms with Crippen LogP contribution in [0.15, 0.2) is 12.1 Å². The van der Waals surface area contributed by atoms with Gasteiger partial charge in [-0.05, 0) is 44.4 Å². The topological polar surface area (TPSA) is 84.7 Å². The second kappa shape index (κ2) is 6.68. The molecule has 0 saturated carbocycles. The van der Waals surface area contributed by atoms with Crippen molar-refractivity contribution < 1.29 is 14.3 Å². The third-order valence-corrected chi connectivity index (χ3v) is 4.08. The Hall–Kier alpha value is -2.24. The van der Waals surface area contributed by atoms with Crippen LogP contribution in [0, 0.1) is 19.8 Å². The average Bonchev–Trinajstić information content (AvgIpc) is 2.50. The van der Waals surface area contributed by atoms with E-state index in [1.54, 1.807) is 12.0 Å². The number of primary amides is 1. The zero-order chi connectivity index (χ0) is 16.3. The van der Waals surface area contributed by atoms with Crippen LogP contribution in [0.3, 0.4) is 0 Å². The van der Waals surface area contributed by atoms with Gasteiger partial charge in [-0.15, -0.1) is 0 Å². The maximum absolute atomic E-state index is 12.4. The van der Waals surface area contributed by atoms with Crippen molar-refractivity contribution in [1.82, 2.24) is 4.90 Å². The molecule has 3 N–H and O–H groups in total. The average molecular weight is 305 g/mol. The standard InChI is InChI=1S/C16H23N3O3/c1-10-7-13(11(2)14(8-10)22-3)18-16(21)19-6-4-5-12(9-19)15(17)20/h7-8,12H,4-6,9H2,1-3H3,(H2,17,20)(H,18,21). The Morgan fingerprint density at radius 1 is 1.36 bits per heavy atom. The molecule has 1 heterocycles. The number of carbonyl (C=O) groups is 2. The van der Waals surface area contributed by atoms with Crippen molar-refractivity contribution in [2.45, 2.75) is 26.7 Å². The SMILES string of the molecule is COc1cc(C)cc(NC(=O)N2CCCC(C(N)=O)C2)c1C. The Balaban J connectivity index is 2.12.